The molecule has 16 heavy (non-hydrogen) atoms. The van der Waals surface area contributed by atoms with Gasteiger partial charge in [-0.25, -0.2) is 0 Å². The van der Waals surface area contributed by atoms with E-state index < -0.39 is 0 Å². The number of hydrazine groups is 1. The fraction of sp³-hybridized carbons (Fsp3) is 0.615. The standard InChI is InChI=1S/C13H23N3/c1-3-11(2)10-13(16-14)8-7-12-6-4-5-9-15-12/h4-6,9,11,13,16H,3,7-8,10,14H2,1-2H3. The van der Waals surface area contributed by atoms with E-state index in [2.05, 4.69) is 30.3 Å². The lowest BCUT2D eigenvalue weighted by Gasteiger charge is -2.19. The second-order valence-electron chi connectivity index (χ2n) is 4.47. The Labute approximate surface area is 98.4 Å². The molecule has 0 bridgehead atoms. The Bertz CT molecular complexity index is 274. The van der Waals surface area contributed by atoms with E-state index in [9.17, 15) is 0 Å². The first-order chi connectivity index (χ1) is 7.76. The van der Waals surface area contributed by atoms with Gasteiger partial charge in [-0.2, -0.15) is 0 Å². The van der Waals surface area contributed by atoms with Crippen LogP contribution in [0.3, 0.4) is 0 Å². The summed E-state index contributed by atoms with van der Waals surface area (Å²) in [4.78, 5) is 4.32. The largest absolute Gasteiger partial charge is 0.271 e. The Kier molecular flexibility index (Phi) is 6.04. The van der Waals surface area contributed by atoms with Gasteiger partial charge in [0.2, 0.25) is 0 Å². The van der Waals surface area contributed by atoms with Crippen molar-refractivity contribution < 1.29 is 0 Å². The lowest BCUT2D eigenvalue weighted by molar-refractivity contribution is 0.381. The number of hydrogen-bond acceptors (Lipinski definition) is 3. The lowest BCUT2D eigenvalue weighted by atomic mass is 9.96. The van der Waals surface area contributed by atoms with Crippen LogP contribution in [-0.4, -0.2) is 11.0 Å². The SMILES string of the molecule is CCC(C)CC(CCc1ccccn1)NN. The van der Waals surface area contributed by atoms with Crippen LogP contribution in [0.25, 0.3) is 0 Å². The summed E-state index contributed by atoms with van der Waals surface area (Å²) in [5.74, 6) is 6.30. The Morgan fingerprint density at radius 2 is 2.25 bits per heavy atom. The fourth-order valence-corrected chi connectivity index (χ4v) is 1.79. The van der Waals surface area contributed by atoms with Crippen LogP contribution in [0.15, 0.2) is 24.4 Å². The molecule has 0 aromatic carbocycles. The minimum atomic E-state index is 0.400. The van der Waals surface area contributed by atoms with Gasteiger partial charge in [0.1, 0.15) is 0 Å². The average molecular weight is 221 g/mol. The third-order valence-electron chi connectivity index (χ3n) is 3.09. The summed E-state index contributed by atoms with van der Waals surface area (Å²) >= 11 is 0. The monoisotopic (exact) mass is 221 g/mol. The number of nitrogens with one attached hydrogen (secondary N) is 1. The maximum atomic E-state index is 5.57. The molecule has 1 rings (SSSR count). The molecule has 1 aromatic rings. The highest BCUT2D eigenvalue weighted by Gasteiger charge is 2.10. The number of aryl methyl sites for hydroxylation is 1. The molecule has 3 heteroatoms. The zero-order chi connectivity index (χ0) is 11.8. The molecule has 90 valence electrons. The minimum Gasteiger partial charge on any atom is -0.271 e. The van der Waals surface area contributed by atoms with E-state index in [1.165, 1.54) is 6.42 Å². The highest BCUT2D eigenvalue weighted by atomic mass is 15.2. The van der Waals surface area contributed by atoms with E-state index in [0.29, 0.717) is 6.04 Å². The average Bonchev–Trinajstić information content (AvgIpc) is 2.35. The van der Waals surface area contributed by atoms with E-state index in [4.69, 9.17) is 5.84 Å². The van der Waals surface area contributed by atoms with Crippen molar-refractivity contribution in [2.45, 2.75) is 45.6 Å². The fourth-order valence-electron chi connectivity index (χ4n) is 1.79. The van der Waals surface area contributed by atoms with Crippen molar-refractivity contribution >= 4 is 0 Å². The van der Waals surface area contributed by atoms with Gasteiger partial charge in [-0.05, 0) is 37.3 Å². The van der Waals surface area contributed by atoms with Crippen LogP contribution in [0.5, 0.6) is 0 Å². The molecule has 0 aliphatic rings. The zero-order valence-electron chi connectivity index (χ0n) is 10.3. The van der Waals surface area contributed by atoms with Crippen molar-refractivity contribution in [1.29, 1.82) is 0 Å². The first-order valence-corrected chi connectivity index (χ1v) is 6.12. The number of nitrogens with two attached hydrogens (primary N) is 1. The van der Waals surface area contributed by atoms with Crippen molar-refractivity contribution in [2.24, 2.45) is 11.8 Å². The van der Waals surface area contributed by atoms with Crippen LogP contribution >= 0.6 is 0 Å². The van der Waals surface area contributed by atoms with Crippen LogP contribution in [0.4, 0.5) is 0 Å². The third-order valence-corrected chi connectivity index (χ3v) is 3.09. The summed E-state index contributed by atoms with van der Waals surface area (Å²) in [7, 11) is 0. The maximum Gasteiger partial charge on any atom is 0.0404 e. The van der Waals surface area contributed by atoms with E-state index >= 15 is 0 Å². The summed E-state index contributed by atoms with van der Waals surface area (Å²) in [5.41, 5.74) is 4.06. The Balaban J connectivity index is 2.34. The van der Waals surface area contributed by atoms with Gasteiger partial charge in [-0.15, -0.1) is 0 Å². The number of nitrogens with zero attached hydrogens (tertiary/aromatic N) is 1. The second kappa shape index (κ2) is 7.36. The summed E-state index contributed by atoms with van der Waals surface area (Å²) in [6, 6.07) is 6.44. The molecular formula is C13H23N3. The van der Waals surface area contributed by atoms with E-state index in [0.717, 1.165) is 30.9 Å². The topological polar surface area (TPSA) is 50.9 Å². The molecule has 1 heterocycles. The van der Waals surface area contributed by atoms with Crippen molar-refractivity contribution in [1.82, 2.24) is 10.4 Å². The molecule has 0 saturated carbocycles. The third kappa shape index (κ3) is 4.73. The first-order valence-electron chi connectivity index (χ1n) is 6.12. The summed E-state index contributed by atoms with van der Waals surface area (Å²) < 4.78 is 0. The van der Waals surface area contributed by atoms with Crippen molar-refractivity contribution in [3.8, 4) is 0 Å². The number of aromatic nitrogens is 1. The smallest absolute Gasteiger partial charge is 0.0404 e. The lowest BCUT2D eigenvalue weighted by Crippen LogP contribution is -2.36. The molecule has 2 atom stereocenters. The molecule has 0 aliphatic heterocycles. The molecule has 2 unspecified atom stereocenters. The molecule has 0 saturated heterocycles. The molecule has 0 amide bonds. The molecule has 0 spiro atoms. The van der Waals surface area contributed by atoms with Gasteiger partial charge < -0.3 is 0 Å². The van der Waals surface area contributed by atoms with Crippen LogP contribution in [0.2, 0.25) is 0 Å². The maximum absolute atomic E-state index is 5.57. The summed E-state index contributed by atoms with van der Waals surface area (Å²) in [6.07, 6.45) is 6.24. The number of pyridine rings is 1. The molecule has 0 radical (unpaired) electrons. The first kappa shape index (κ1) is 13.1. The quantitative estimate of drug-likeness (QED) is 0.548. The van der Waals surface area contributed by atoms with Crippen molar-refractivity contribution in [3.63, 3.8) is 0 Å². The molecule has 0 aliphatic carbocycles. The Hall–Kier alpha value is -0.930. The summed E-state index contributed by atoms with van der Waals surface area (Å²) in [6.45, 7) is 4.49. The van der Waals surface area contributed by atoms with Gasteiger partial charge in [0, 0.05) is 17.9 Å². The second-order valence-corrected chi connectivity index (χ2v) is 4.47. The van der Waals surface area contributed by atoms with Gasteiger partial charge >= 0.3 is 0 Å². The minimum absolute atomic E-state index is 0.400. The van der Waals surface area contributed by atoms with E-state index in [1.54, 1.807) is 0 Å². The zero-order valence-corrected chi connectivity index (χ0v) is 10.3. The highest BCUT2D eigenvalue weighted by molar-refractivity contribution is 5.03. The van der Waals surface area contributed by atoms with Crippen molar-refractivity contribution in [3.05, 3.63) is 30.1 Å². The van der Waals surface area contributed by atoms with Gasteiger partial charge in [0.05, 0.1) is 0 Å². The molecule has 1 aromatic heterocycles. The molecule has 3 N–H and O–H groups in total. The molecule has 0 fully saturated rings. The van der Waals surface area contributed by atoms with Crippen LogP contribution in [0.1, 0.15) is 38.8 Å². The van der Waals surface area contributed by atoms with Crippen LogP contribution in [-0.2, 0) is 6.42 Å². The predicted octanol–water partition coefficient (Wildman–Crippen LogP) is 2.28. The van der Waals surface area contributed by atoms with E-state index in [-0.39, 0.29) is 0 Å². The van der Waals surface area contributed by atoms with Crippen molar-refractivity contribution in [2.75, 3.05) is 0 Å². The highest BCUT2D eigenvalue weighted by Crippen LogP contribution is 2.13. The van der Waals surface area contributed by atoms with Crippen LogP contribution in [0, 0.1) is 5.92 Å². The number of rotatable bonds is 7. The van der Waals surface area contributed by atoms with Gasteiger partial charge in [0.25, 0.3) is 0 Å². The van der Waals surface area contributed by atoms with Crippen LogP contribution < -0.4 is 11.3 Å². The normalized spacial score (nSPS) is 14.7. The molecular weight excluding hydrogens is 198 g/mol. The number of hydrogen-bond donors (Lipinski definition) is 2. The van der Waals surface area contributed by atoms with Gasteiger partial charge in [0.15, 0.2) is 0 Å². The van der Waals surface area contributed by atoms with Gasteiger partial charge in [-0.1, -0.05) is 26.3 Å². The Morgan fingerprint density at radius 1 is 1.44 bits per heavy atom. The predicted molar refractivity (Wildman–Crippen MR) is 67.7 cm³/mol. The van der Waals surface area contributed by atoms with E-state index in [1.807, 2.05) is 18.3 Å². The Morgan fingerprint density at radius 3 is 2.81 bits per heavy atom. The van der Waals surface area contributed by atoms with Gasteiger partial charge in [-0.3, -0.25) is 16.3 Å². The molecule has 3 nitrogen and oxygen atoms in total. The summed E-state index contributed by atoms with van der Waals surface area (Å²) in [5, 5.41) is 0.